The molecule has 2 aliphatic heterocycles. The maximum atomic E-state index is 13.2. The summed E-state index contributed by atoms with van der Waals surface area (Å²) in [5.74, 6) is 1.77. The summed E-state index contributed by atoms with van der Waals surface area (Å²) in [5, 5.41) is 9.00. The minimum absolute atomic E-state index is 0.414. The number of aromatic nitrogens is 2. The molecule has 1 unspecified atom stereocenters. The van der Waals surface area contributed by atoms with E-state index in [1.54, 1.807) is 10.4 Å². The van der Waals surface area contributed by atoms with Crippen LogP contribution in [0.15, 0.2) is 35.2 Å². The topological polar surface area (TPSA) is 69.6 Å². The Balaban J connectivity index is 1.42. The SMILES string of the molecule is CCC1CCCCN1c1ccc(N2CCN(S(=O)(=O)c3cc(C)ccc3C)CC2)nn1. The Morgan fingerprint density at radius 1 is 0.935 bits per heavy atom. The molecule has 0 N–H and O–H groups in total. The Bertz CT molecular complexity index is 1000. The normalized spacial score (nSPS) is 20.8. The maximum Gasteiger partial charge on any atom is 0.243 e. The molecule has 0 spiro atoms. The molecular weight excluding hydrogens is 410 g/mol. The Labute approximate surface area is 186 Å². The Morgan fingerprint density at radius 3 is 2.32 bits per heavy atom. The van der Waals surface area contributed by atoms with Crippen LogP contribution in [0.25, 0.3) is 0 Å². The van der Waals surface area contributed by atoms with Gasteiger partial charge < -0.3 is 9.80 Å². The molecule has 4 rings (SSSR count). The average Bonchev–Trinajstić information content (AvgIpc) is 2.80. The maximum absolute atomic E-state index is 13.2. The van der Waals surface area contributed by atoms with Crippen molar-refractivity contribution in [2.24, 2.45) is 0 Å². The predicted molar refractivity (Wildman–Crippen MR) is 124 cm³/mol. The predicted octanol–water partition coefficient (Wildman–Crippen LogP) is 3.37. The lowest BCUT2D eigenvalue weighted by molar-refractivity contribution is 0.383. The summed E-state index contributed by atoms with van der Waals surface area (Å²) >= 11 is 0. The quantitative estimate of drug-likeness (QED) is 0.706. The Morgan fingerprint density at radius 2 is 1.65 bits per heavy atom. The first-order chi connectivity index (χ1) is 14.9. The van der Waals surface area contributed by atoms with E-state index >= 15 is 0 Å². The highest BCUT2D eigenvalue weighted by molar-refractivity contribution is 7.89. The van der Waals surface area contributed by atoms with Crippen molar-refractivity contribution in [1.82, 2.24) is 14.5 Å². The first kappa shape index (κ1) is 22.0. The van der Waals surface area contributed by atoms with Crippen LogP contribution in [0.3, 0.4) is 0 Å². The zero-order valence-corrected chi connectivity index (χ0v) is 19.6. The van der Waals surface area contributed by atoms with Crippen molar-refractivity contribution in [3.63, 3.8) is 0 Å². The third kappa shape index (κ3) is 4.55. The van der Waals surface area contributed by atoms with Crippen molar-refractivity contribution in [1.29, 1.82) is 0 Å². The molecule has 0 saturated carbocycles. The number of nitrogens with zero attached hydrogens (tertiary/aromatic N) is 5. The van der Waals surface area contributed by atoms with E-state index in [0.29, 0.717) is 37.1 Å². The van der Waals surface area contributed by atoms with Gasteiger partial charge in [0.1, 0.15) is 0 Å². The van der Waals surface area contributed by atoms with Crippen LogP contribution < -0.4 is 9.80 Å². The Kier molecular flexibility index (Phi) is 6.48. The number of aryl methyl sites for hydroxylation is 2. The van der Waals surface area contributed by atoms with Crippen molar-refractivity contribution in [3.05, 3.63) is 41.5 Å². The molecule has 2 fully saturated rings. The highest BCUT2D eigenvalue weighted by Gasteiger charge is 2.30. The summed E-state index contributed by atoms with van der Waals surface area (Å²) in [7, 11) is -3.49. The van der Waals surface area contributed by atoms with Gasteiger partial charge in [-0.15, -0.1) is 10.2 Å². The molecule has 0 bridgehead atoms. The van der Waals surface area contributed by atoms with Gasteiger partial charge in [-0.2, -0.15) is 4.31 Å². The van der Waals surface area contributed by atoms with Gasteiger partial charge in [-0.3, -0.25) is 0 Å². The summed E-state index contributed by atoms with van der Waals surface area (Å²) in [6.07, 6.45) is 4.84. The average molecular weight is 444 g/mol. The lowest BCUT2D eigenvalue weighted by atomic mass is 10.0. The van der Waals surface area contributed by atoms with Gasteiger partial charge in [0.25, 0.3) is 0 Å². The minimum atomic E-state index is -3.49. The number of anilines is 2. The molecule has 8 heteroatoms. The molecule has 1 aromatic heterocycles. The van der Waals surface area contributed by atoms with Gasteiger partial charge in [-0.25, -0.2) is 8.42 Å². The smallest absolute Gasteiger partial charge is 0.243 e. The van der Waals surface area contributed by atoms with Gasteiger partial charge in [0.15, 0.2) is 11.6 Å². The van der Waals surface area contributed by atoms with Gasteiger partial charge in [0.2, 0.25) is 10.0 Å². The summed E-state index contributed by atoms with van der Waals surface area (Å²) in [6, 6.07) is 10.2. The molecule has 2 saturated heterocycles. The van der Waals surface area contributed by atoms with E-state index in [0.717, 1.165) is 35.7 Å². The van der Waals surface area contributed by atoms with Crippen LogP contribution >= 0.6 is 0 Å². The van der Waals surface area contributed by atoms with Crippen LogP contribution in [0.5, 0.6) is 0 Å². The number of rotatable bonds is 5. The van der Waals surface area contributed by atoms with Gasteiger partial charge in [-0.1, -0.05) is 19.1 Å². The second kappa shape index (κ2) is 9.12. The van der Waals surface area contributed by atoms with Crippen molar-refractivity contribution >= 4 is 21.7 Å². The molecule has 31 heavy (non-hydrogen) atoms. The fraction of sp³-hybridized carbons (Fsp3) is 0.565. The van der Waals surface area contributed by atoms with E-state index in [1.807, 2.05) is 32.0 Å². The van der Waals surface area contributed by atoms with Crippen LogP contribution in [-0.4, -0.2) is 61.7 Å². The van der Waals surface area contributed by atoms with Crippen LogP contribution in [0, 0.1) is 13.8 Å². The Hall–Kier alpha value is -2.19. The molecule has 0 aliphatic carbocycles. The summed E-state index contributed by atoms with van der Waals surface area (Å²) in [5.41, 5.74) is 1.75. The highest BCUT2D eigenvalue weighted by Crippen LogP contribution is 2.27. The minimum Gasteiger partial charge on any atom is -0.352 e. The molecule has 0 amide bonds. The van der Waals surface area contributed by atoms with Crippen LogP contribution in [0.1, 0.15) is 43.7 Å². The fourth-order valence-corrected chi connectivity index (χ4v) is 6.38. The van der Waals surface area contributed by atoms with Crippen LogP contribution in [-0.2, 0) is 10.0 Å². The molecule has 168 valence electrons. The van der Waals surface area contributed by atoms with Gasteiger partial charge >= 0.3 is 0 Å². The molecule has 1 aromatic carbocycles. The van der Waals surface area contributed by atoms with Crippen molar-refractivity contribution in [2.45, 2.75) is 57.4 Å². The lowest BCUT2D eigenvalue weighted by Gasteiger charge is -2.37. The third-order valence-corrected chi connectivity index (χ3v) is 8.59. The third-order valence-electron chi connectivity index (χ3n) is 6.55. The largest absolute Gasteiger partial charge is 0.352 e. The highest BCUT2D eigenvalue weighted by atomic mass is 32.2. The van der Waals surface area contributed by atoms with Crippen LogP contribution in [0.4, 0.5) is 11.6 Å². The zero-order valence-electron chi connectivity index (χ0n) is 18.8. The molecule has 2 aliphatic rings. The number of benzene rings is 1. The summed E-state index contributed by atoms with van der Waals surface area (Å²) in [6.45, 7) is 9.17. The molecule has 2 aromatic rings. The number of hydrogen-bond donors (Lipinski definition) is 0. The number of sulfonamides is 1. The standard InChI is InChI=1S/C23H33N5O2S/c1-4-20-7-5-6-12-28(20)23-11-10-22(24-25-23)26-13-15-27(16-14-26)31(29,30)21-17-18(2)8-9-19(21)3/h8-11,17,20H,4-7,12-16H2,1-3H3. The van der Waals surface area contributed by atoms with Crippen molar-refractivity contribution in [3.8, 4) is 0 Å². The second-order valence-corrected chi connectivity index (χ2v) is 10.6. The zero-order chi connectivity index (χ0) is 22.0. The van der Waals surface area contributed by atoms with E-state index in [-0.39, 0.29) is 0 Å². The van der Waals surface area contributed by atoms with E-state index in [2.05, 4.69) is 33.0 Å². The second-order valence-electron chi connectivity index (χ2n) is 8.66. The van der Waals surface area contributed by atoms with Crippen molar-refractivity contribution in [2.75, 3.05) is 42.5 Å². The molecule has 0 radical (unpaired) electrons. The van der Waals surface area contributed by atoms with E-state index in [4.69, 9.17) is 0 Å². The van der Waals surface area contributed by atoms with Crippen LogP contribution in [0.2, 0.25) is 0 Å². The van der Waals surface area contributed by atoms with Gasteiger partial charge in [0.05, 0.1) is 4.90 Å². The number of piperidine rings is 1. The monoisotopic (exact) mass is 443 g/mol. The first-order valence-electron chi connectivity index (χ1n) is 11.3. The molecule has 1 atom stereocenters. The van der Waals surface area contributed by atoms with E-state index in [9.17, 15) is 8.42 Å². The molecule has 7 nitrogen and oxygen atoms in total. The molecular formula is C23H33N5O2S. The first-order valence-corrected chi connectivity index (χ1v) is 12.8. The van der Waals surface area contributed by atoms with E-state index < -0.39 is 10.0 Å². The lowest BCUT2D eigenvalue weighted by Crippen LogP contribution is -2.49. The molecule has 3 heterocycles. The van der Waals surface area contributed by atoms with Crippen molar-refractivity contribution < 1.29 is 8.42 Å². The summed E-state index contributed by atoms with van der Waals surface area (Å²) < 4.78 is 27.9. The number of piperazine rings is 1. The fourth-order valence-electron chi connectivity index (χ4n) is 4.65. The van der Waals surface area contributed by atoms with Gasteiger partial charge in [-0.05, 0) is 68.9 Å². The van der Waals surface area contributed by atoms with Gasteiger partial charge in [0, 0.05) is 38.8 Å². The number of hydrogen-bond acceptors (Lipinski definition) is 6. The summed E-state index contributed by atoms with van der Waals surface area (Å²) in [4.78, 5) is 4.92. The van der Waals surface area contributed by atoms with E-state index in [1.165, 1.54) is 19.3 Å².